The number of carbonyl (C=O) groups is 2. The first-order chi connectivity index (χ1) is 16.5. The molecular formula is C26H27FN2O5. The van der Waals surface area contributed by atoms with Crippen molar-refractivity contribution in [3.63, 3.8) is 0 Å². The van der Waals surface area contributed by atoms with Crippen LogP contribution in [-0.2, 0) is 14.3 Å². The highest BCUT2D eigenvalue weighted by molar-refractivity contribution is 6.46. The number of hydrogen-bond acceptors (Lipinski definition) is 6. The van der Waals surface area contributed by atoms with Crippen LogP contribution in [0.1, 0.15) is 17.2 Å². The molecule has 0 unspecified atom stereocenters. The lowest BCUT2D eigenvalue weighted by atomic mass is 9.95. The van der Waals surface area contributed by atoms with Crippen molar-refractivity contribution >= 4 is 17.4 Å². The molecule has 0 radical (unpaired) electrons. The molecular weight excluding hydrogens is 439 g/mol. The second-order valence-corrected chi connectivity index (χ2v) is 8.13. The molecule has 178 valence electrons. The molecule has 2 aromatic rings. The number of likely N-dealkylation sites (tertiary alicyclic amines) is 1. The van der Waals surface area contributed by atoms with E-state index in [9.17, 15) is 19.1 Å². The molecule has 2 fully saturated rings. The van der Waals surface area contributed by atoms with Crippen LogP contribution in [0.3, 0.4) is 0 Å². The van der Waals surface area contributed by atoms with Crippen molar-refractivity contribution in [1.29, 1.82) is 0 Å². The number of morpholine rings is 1. The van der Waals surface area contributed by atoms with Crippen molar-refractivity contribution in [2.75, 3.05) is 46.0 Å². The predicted octanol–water partition coefficient (Wildman–Crippen LogP) is 3.14. The molecule has 0 saturated carbocycles. The summed E-state index contributed by atoms with van der Waals surface area (Å²) in [4.78, 5) is 29.9. The average Bonchev–Trinajstić information content (AvgIpc) is 3.12. The quantitative estimate of drug-likeness (QED) is 0.279. The summed E-state index contributed by atoms with van der Waals surface area (Å²) in [6.45, 7) is 7.55. The van der Waals surface area contributed by atoms with Gasteiger partial charge in [-0.1, -0.05) is 24.8 Å². The minimum atomic E-state index is -0.807. The zero-order valence-electron chi connectivity index (χ0n) is 18.8. The number of Topliss-reactive ketones (excluding diaryl/α,β-unsaturated/α-hetero) is 1. The maximum absolute atomic E-state index is 13.4. The number of ether oxygens (including phenoxy) is 2. The van der Waals surface area contributed by atoms with Crippen molar-refractivity contribution < 1.29 is 28.6 Å². The highest BCUT2D eigenvalue weighted by Crippen LogP contribution is 2.40. The molecule has 0 aliphatic carbocycles. The van der Waals surface area contributed by atoms with Crippen molar-refractivity contribution in [3.8, 4) is 5.75 Å². The van der Waals surface area contributed by atoms with Crippen LogP contribution in [0.15, 0.2) is 66.8 Å². The SMILES string of the molecule is C=CCOc1cccc([C@H]2/C(=C(\O)c3ccc(F)cc3)C(=O)C(=O)N2CCN2CCOCC2)c1. The number of aliphatic hydroxyl groups is 1. The summed E-state index contributed by atoms with van der Waals surface area (Å²) in [6.07, 6.45) is 1.62. The number of benzene rings is 2. The minimum absolute atomic E-state index is 0.0283. The molecule has 2 heterocycles. The Morgan fingerprint density at radius 1 is 1.15 bits per heavy atom. The monoisotopic (exact) mass is 466 g/mol. The fraction of sp³-hybridized carbons (Fsp3) is 0.308. The summed E-state index contributed by atoms with van der Waals surface area (Å²) in [6, 6.07) is 11.4. The molecule has 34 heavy (non-hydrogen) atoms. The molecule has 1 N–H and O–H groups in total. The first-order valence-electron chi connectivity index (χ1n) is 11.2. The van der Waals surface area contributed by atoms with E-state index in [-0.39, 0.29) is 16.9 Å². The first kappa shape index (κ1) is 23.7. The topological polar surface area (TPSA) is 79.3 Å². The Morgan fingerprint density at radius 3 is 2.59 bits per heavy atom. The molecule has 4 rings (SSSR count). The first-order valence-corrected chi connectivity index (χ1v) is 11.2. The Balaban J connectivity index is 1.73. The Labute approximate surface area is 197 Å². The van der Waals surface area contributed by atoms with Gasteiger partial charge in [0.15, 0.2) is 0 Å². The van der Waals surface area contributed by atoms with E-state index in [4.69, 9.17) is 9.47 Å². The summed E-state index contributed by atoms with van der Waals surface area (Å²) in [5.74, 6) is -1.70. The normalized spacial score (nSPS) is 20.5. The Morgan fingerprint density at radius 2 is 1.88 bits per heavy atom. The van der Waals surface area contributed by atoms with Crippen molar-refractivity contribution in [2.24, 2.45) is 0 Å². The van der Waals surface area contributed by atoms with Gasteiger partial charge in [-0.15, -0.1) is 0 Å². The molecule has 0 aromatic heterocycles. The third-order valence-corrected chi connectivity index (χ3v) is 5.96. The van der Waals surface area contributed by atoms with E-state index in [0.29, 0.717) is 44.2 Å². The third kappa shape index (κ3) is 5.03. The Bertz CT molecular complexity index is 1090. The van der Waals surface area contributed by atoms with Crippen LogP contribution in [0.2, 0.25) is 0 Å². The van der Waals surface area contributed by atoms with E-state index < -0.39 is 23.5 Å². The number of rotatable bonds is 8. The number of halogens is 1. The van der Waals surface area contributed by atoms with Gasteiger partial charge in [0.1, 0.15) is 23.9 Å². The number of carbonyl (C=O) groups excluding carboxylic acids is 2. The van der Waals surface area contributed by atoms with Gasteiger partial charge in [-0.2, -0.15) is 0 Å². The zero-order chi connectivity index (χ0) is 24.1. The molecule has 1 atom stereocenters. The molecule has 2 aromatic carbocycles. The van der Waals surface area contributed by atoms with E-state index >= 15 is 0 Å². The van der Waals surface area contributed by atoms with Crippen molar-refractivity contribution in [2.45, 2.75) is 6.04 Å². The van der Waals surface area contributed by atoms with Gasteiger partial charge >= 0.3 is 0 Å². The number of ketones is 1. The molecule has 2 aliphatic rings. The van der Waals surface area contributed by atoms with Crippen LogP contribution in [-0.4, -0.2) is 72.6 Å². The lowest BCUT2D eigenvalue weighted by molar-refractivity contribution is -0.140. The maximum Gasteiger partial charge on any atom is 0.295 e. The molecule has 8 heteroatoms. The zero-order valence-corrected chi connectivity index (χ0v) is 18.8. The molecule has 7 nitrogen and oxygen atoms in total. The predicted molar refractivity (Wildman–Crippen MR) is 125 cm³/mol. The van der Waals surface area contributed by atoms with Crippen LogP contribution in [0, 0.1) is 5.82 Å². The van der Waals surface area contributed by atoms with Crippen LogP contribution in [0.5, 0.6) is 5.75 Å². The van der Waals surface area contributed by atoms with Crippen LogP contribution >= 0.6 is 0 Å². The van der Waals surface area contributed by atoms with E-state index in [0.717, 1.165) is 13.1 Å². The standard InChI is InChI=1S/C26H27FN2O5/c1-2-14-34-21-5-3-4-19(17-21)23-22(24(30)18-6-8-20(27)9-7-18)25(31)26(32)29(23)11-10-28-12-15-33-16-13-28/h2-9,17,23,30H,1,10-16H2/b24-22+/t23-/m0/s1. The van der Waals surface area contributed by atoms with Gasteiger partial charge in [0.25, 0.3) is 11.7 Å². The largest absolute Gasteiger partial charge is 0.507 e. The van der Waals surface area contributed by atoms with Gasteiger partial charge < -0.3 is 19.5 Å². The highest BCUT2D eigenvalue weighted by Gasteiger charge is 2.46. The second-order valence-electron chi connectivity index (χ2n) is 8.13. The Hall–Kier alpha value is -3.49. The van der Waals surface area contributed by atoms with Gasteiger partial charge in [0.2, 0.25) is 0 Å². The average molecular weight is 467 g/mol. The molecule has 1 amide bonds. The molecule has 2 aliphatic heterocycles. The Kier molecular flexibility index (Phi) is 7.40. The van der Waals surface area contributed by atoms with E-state index in [1.54, 1.807) is 30.3 Å². The summed E-state index contributed by atoms with van der Waals surface area (Å²) >= 11 is 0. The van der Waals surface area contributed by atoms with Gasteiger partial charge in [-0.25, -0.2) is 4.39 Å². The number of nitrogens with zero attached hydrogens (tertiary/aromatic N) is 2. The molecule has 0 spiro atoms. The summed E-state index contributed by atoms with van der Waals surface area (Å²) < 4.78 is 24.5. The molecule has 0 bridgehead atoms. The third-order valence-electron chi connectivity index (χ3n) is 5.96. The van der Waals surface area contributed by atoms with Crippen molar-refractivity contribution in [3.05, 3.63) is 83.7 Å². The highest BCUT2D eigenvalue weighted by atomic mass is 19.1. The minimum Gasteiger partial charge on any atom is -0.507 e. The number of hydrogen-bond donors (Lipinski definition) is 1. The van der Waals surface area contributed by atoms with Crippen LogP contribution < -0.4 is 4.74 Å². The van der Waals surface area contributed by atoms with E-state index in [2.05, 4.69) is 11.5 Å². The fourth-order valence-electron chi connectivity index (χ4n) is 4.22. The van der Waals surface area contributed by atoms with Crippen molar-refractivity contribution in [1.82, 2.24) is 9.80 Å². The van der Waals surface area contributed by atoms with Crippen LogP contribution in [0.25, 0.3) is 5.76 Å². The second kappa shape index (κ2) is 10.6. The van der Waals surface area contributed by atoms with Gasteiger partial charge in [-0.3, -0.25) is 14.5 Å². The van der Waals surface area contributed by atoms with Gasteiger partial charge in [0.05, 0.1) is 24.8 Å². The summed E-state index contributed by atoms with van der Waals surface area (Å²) in [5, 5.41) is 11.1. The summed E-state index contributed by atoms with van der Waals surface area (Å²) in [5.41, 5.74) is 0.863. The van der Waals surface area contributed by atoms with E-state index in [1.807, 2.05) is 0 Å². The van der Waals surface area contributed by atoms with Gasteiger partial charge in [0, 0.05) is 31.7 Å². The maximum atomic E-state index is 13.4. The summed E-state index contributed by atoms with van der Waals surface area (Å²) in [7, 11) is 0. The molecule has 2 saturated heterocycles. The smallest absolute Gasteiger partial charge is 0.295 e. The van der Waals surface area contributed by atoms with E-state index in [1.165, 1.54) is 29.2 Å². The lowest BCUT2D eigenvalue weighted by Gasteiger charge is -2.31. The van der Waals surface area contributed by atoms with Crippen LogP contribution in [0.4, 0.5) is 4.39 Å². The number of aliphatic hydroxyl groups excluding tert-OH is 1. The lowest BCUT2D eigenvalue weighted by Crippen LogP contribution is -2.42. The van der Waals surface area contributed by atoms with Gasteiger partial charge in [-0.05, 0) is 42.0 Å². The fourth-order valence-corrected chi connectivity index (χ4v) is 4.22. The number of amides is 1.